The van der Waals surface area contributed by atoms with Gasteiger partial charge in [0.1, 0.15) is 5.69 Å². The van der Waals surface area contributed by atoms with Gasteiger partial charge in [0, 0.05) is 6.54 Å². The molecule has 0 aliphatic rings. The molecule has 0 aliphatic heterocycles. The zero-order valence-electron chi connectivity index (χ0n) is 10.1. The highest BCUT2D eigenvalue weighted by atomic mass is 32.1. The molecule has 0 amide bonds. The second-order valence-corrected chi connectivity index (χ2v) is 5.02. The highest BCUT2D eigenvalue weighted by molar-refractivity contribution is 7.13. The number of carbonyl (C=O) groups is 1. The topological polar surface area (TPSA) is 60.7 Å². The van der Waals surface area contributed by atoms with Crippen molar-refractivity contribution in [2.24, 2.45) is 0 Å². The number of ketones is 1. The third kappa shape index (κ3) is 2.26. The van der Waals surface area contributed by atoms with E-state index in [9.17, 15) is 4.79 Å². The molecule has 90 valence electrons. The Morgan fingerprint density at radius 2 is 2.24 bits per heavy atom. The molecule has 5 nitrogen and oxygen atoms in total. The van der Waals surface area contributed by atoms with Crippen LogP contribution in [0.25, 0.3) is 0 Å². The number of nitrogens with zero attached hydrogens (tertiary/aromatic N) is 4. The molecule has 2 aromatic rings. The van der Waals surface area contributed by atoms with E-state index in [0.717, 1.165) is 17.1 Å². The Morgan fingerprint density at radius 3 is 2.82 bits per heavy atom. The summed E-state index contributed by atoms with van der Waals surface area (Å²) < 4.78 is 1.65. The van der Waals surface area contributed by atoms with Crippen LogP contribution in [0, 0.1) is 13.8 Å². The molecule has 0 N–H and O–H groups in total. The van der Waals surface area contributed by atoms with E-state index in [4.69, 9.17) is 0 Å². The number of hydrogen-bond acceptors (Lipinski definition) is 5. The first-order valence-electron chi connectivity index (χ1n) is 5.50. The standard InChI is InChI=1S/C11H14N4OS/c1-4-5-15-9(6-12-14-15)10(16)11-7(2)13-8(3)17-11/h6H,4-5H2,1-3H3. The van der Waals surface area contributed by atoms with Gasteiger partial charge in [0.05, 0.1) is 21.8 Å². The minimum absolute atomic E-state index is 0.0356. The minimum atomic E-state index is -0.0356. The second-order valence-electron chi connectivity index (χ2n) is 3.82. The molecule has 0 radical (unpaired) electrons. The summed E-state index contributed by atoms with van der Waals surface area (Å²) in [4.78, 5) is 17.3. The van der Waals surface area contributed by atoms with E-state index < -0.39 is 0 Å². The smallest absolute Gasteiger partial charge is 0.224 e. The monoisotopic (exact) mass is 250 g/mol. The van der Waals surface area contributed by atoms with Gasteiger partial charge in [0.15, 0.2) is 0 Å². The molecule has 2 aromatic heterocycles. The molecule has 0 aliphatic carbocycles. The molecule has 0 atom stereocenters. The van der Waals surface area contributed by atoms with Crippen molar-refractivity contribution < 1.29 is 4.79 Å². The molecule has 6 heteroatoms. The normalized spacial score (nSPS) is 10.8. The Morgan fingerprint density at radius 1 is 1.47 bits per heavy atom. The van der Waals surface area contributed by atoms with Crippen LogP contribution < -0.4 is 0 Å². The fourth-order valence-corrected chi connectivity index (χ4v) is 2.54. The van der Waals surface area contributed by atoms with Gasteiger partial charge in [-0.1, -0.05) is 12.1 Å². The summed E-state index contributed by atoms with van der Waals surface area (Å²) in [5.41, 5.74) is 1.32. The van der Waals surface area contributed by atoms with Gasteiger partial charge >= 0.3 is 0 Å². The van der Waals surface area contributed by atoms with Gasteiger partial charge in [-0.2, -0.15) is 0 Å². The van der Waals surface area contributed by atoms with Crippen LogP contribution in [-0.2, 0) is 6.54 Å². The lowest BCUT2D eigenvalue weighted by Gasteiger charge is -2.02. The third-order valence-corrected chi connectivity index (χ3v) is 3.47. The largest absolute Gasteiger partial charge is 0.286 e. The lowest BCUT2D eigenvalue weighted by atomic mass is 10.2. The first-order valence-corrected chi connectivity index (χ1v) is 6.32. The lowest BCUT2D eigenvalue weighted by Crippen LogP contribution is -2.11. The molecule has 0 fully saturated rings. The number of hydrogen-bond donors (Lipinski definition) is 0. The van der Waals surface area contributed by atoms with Crippen molar-refractivity contribution in [1.82, 2.24) is 20.0 Å². The lowest BCUT2D eigenvalue weighted by molar-refractivity contribution is 0.103. The highest BCUT2D eigenvalue weighted by Gasteiger charge is 2.19. The molecule has 2 rings (SSSR count). The van der Waals surface area contributed by atoms with Crippen molar-refractivity contribution in [2.75, 3.05) is 0 Å². The summed E-state index contributed by atoms with van der Waals surface area (Å²) in [5.74, 6) is -0.0356. The Bertz CT molecular complexity index is 543. The summed E-state index contributed by atoms with van der Waals surface area (Å²) >= 11 is 1.42. The molecule has 17 heavy (non-hydrogen) atoms. The molecule has 0 saturated carbocycles. The van der Waals surface area contributed by atoms with Gasteiger partial charge in [-0.05, 0) is 20.3 Å². The number of aryl methyl sites for hydroxylation is 3. The van der Waals surface area contributed by atoms with Gasteiger partial charge in [0.25, 0.3) is 0 Å². The van der Waals surface area contributed by atoms with E-state index in [0.29, 0.717) is 17.1 Å². The highest BCUT2D eigenvalue weighted by Crippen LogP contribution is 2.20. The van der Waals surface area contributed by atoms with Crippen LogP contribution in [0.3, 0.4) is 0 Å². The van der Waals surface area contributed by atoms with E-state index in [1.54, 1.807) is 4.68 Å². The van der Waals surface area contributed by atoms with Crippen LogP contribution in [0.15, 0.2) is 6.20 Å². The average molecular weight is 250 g/mol. The van der Waals surface area contributed by atoms with Crippen LogP contribution in [0.1, 0.15) is 39.4 Å². The SMILES string of the molecule is CCCn1nncc1C(=O)c1sc(C)nc1C. The Balaban J connectivity index is 2.37. The van der Waals surface area contributed by atoms with Gasteiger partial charge in [0.2, 0.25) is 5.78 Å². The van der Waals surface area contributed by atoms with E-state index in [1.807, 2.05) is 20.8 Å². The summed E-state index contributed by atoms with van der Waals surface area (Å²) in [6.07, 6.45) is 2.44. The zero-order chi connectivity index (χ0) is 12.4. The molecule has 0 spiro atoms. The molecule has 0 saturated heterocycles. The van der Waals surface area contributed by atoms with Crippen molar-refractivity contribution in [2.45, 2.75) is 33.7 Å². The fourth-order valence-electron chi connectivity index (χ4n) is 1.67. The van der Waals surface area contributed by atoms with Gasteiger partial charge < -0.3 is 0 Å². The first-order chi connectivity index (χ1) is 8.13. The summed E-state index contributed by atoms with van der Waals surface area (Å²) in [6.45, 7) is 6.50. The predicted molar refractivity (Wildman–Crippen MR) is 65.3 cm³/mol. The molecule has 0 unspecified atom stereocenters. The van der Waals surface area contributed by atoms with E-state index in [2.05, 4.69) is 15.3 Å². The third-order valence-electron chi connectivity index (χ3n) is 2.40. The van der Waals surface area contributed by atoms with Crippen molar-refractivity contribution in [3.05, 3.63) is 27.5 Å². The molecule has 0 bridgehead atoms. The Kier molecular flexibility index (Phi) is 3.33. The number of rotatable bonds is 4. The van der Waals surface area contributed by atoms with Crippen molar-refractivity contribution >= 4 is 17.1 Å². The Hall–Kier alpha value is -1.56. The van der Waals surface area contributed by atoms with E-state index in [1.165, 1.54) is 17.5 Å². The predicted octanol–water partition coefficient (Wildman–Crippen LogP) is 1.99. The second kappa shape index (κ2) is 4.75. The van der Waals surface area contributed by atoms with E-state index >= 15 is 0 Å². The maximum atomic E-state index is 12.3. The van der Waals surface area contributed by atoms with Gasteiger partial charge in [-0.15, -0.1) is 16.4 Å². The first kappa shape index (κ1) is 11.9. The summed E-state index contributed by atoms with van der Waals surface area (Å²) in [5, 5.41) is 8.62. The molecule has 2 heterocycles. The zero-order valence-corrected chi connectivity index (χ0v) is 10.9. The van der Waals surface area contributed by atoms with Crippen LogP contribution in [-0.4, -0.2) is 25.8 Å². The molecule has 0 aromatic carbocycles. The van der Waals surface area contributed by atoms with Gasteiger partial charge in [-0.25, -0.2) is 9.67 Å². The maximum absolute atomic E-state index is 12.3. The Labute approximate surface area is 103 Å². The number of thiazole rings is 1. The van der Waals surface area contributed by atoms with Crippen LogP contribution in [0.4, 0.5) is 0 Å². The average Bonchev–Trinajstić information content (AvgIpc) is 2.85. The van der Waals surface area contributed by atoms with Crippen molar-refractivity contribution in [3.63, 3.8) is 0 Å². The summed E-state index contributed by atoms with van der Waals surface area (Å²) in [7, 11) is 0. The summed E-state index contributed by atoms with van der Waals surface area (Å²) in [6, 6.07) is 0. The van der Waals surface area contributed by atoms with Crippen LogP contribution in [0.5, 0.6) is 0 Å². The molecular weight excluding hydrogens is 236 g/mol. The fraction of sp³-hybridized carbons (Fsp3) is 0.455. The van der Waals surface area contributed by atoms with Crippen molar-refractivity contribution in [1.29, 1.82) is 0 Å². The number of aromatic nitrogens is 4. The van der Waals surface area contributed by atoms with E-state index in [-0.39, 0.29) is 5.78 Å². The quantitative estimate of drug-likeness (QED) is 0.779. The molecular formula is C11H14N4OS. The van der Waals surface area contributed by atoms with Gasteiger partial charge in [-0.3, -0.25) is 4.79 Å². The minimum Gasteiger partial charge on any atom is -0.286 e. The van der Waals surface area contributed by atoms with Crippen LogP contribution >= 0.6 is 11.3 Å². The maximum Gasteiger partial charge on any atom is 0.224 e. The number of carbonyl (C=O) groups excluding carboxylic acids is 1. The van der Waals surface area contributed by atoms with Crippen molar-refractivity contribution in [3.8, 4) is 0 Å². The van der Waals surface area contributed by atoms with Crippen LogP contribution in [0.2, 0.25) is 0 Å².